The van der Waals surface area contributed by atoms with Crippen LogP contribution >= 0.6 is 0 Å². The Morgan fingerprint density at radius 1 is 1.03 bits per heavy atom. The molecule has 0 spiro atoms. The first-order valence-corrected chi connectivity index (χ1v) is 11.5. The van der Waals surface area contributed by atoms with Crippen molar-refractivity contribution in [1.29, 1.82) is 0 Å². The first kappa shape index (κ1) is 19.5. The average molecular weight is 406 g/mol. The number of rotatable bonds is 4. The molecular weight excluding hydrogens is 374 g/mol. The molecule has 0 radical (unpaired) electrons. The van der Waals surface area contributed by atoms with E-state index in [1.54, 1.807) is 0 Å². The molecule has 3 aliphatic rings. The van der Waals surface area contributed by atoms with Crippen molar-refractivity contribution in [3.8, 4) is 11.4 Å². The zero-order valence-electron chi connectivity index (χ0n) is 17.6. The predicted molar refractivity (Wildman–Crippen MR) is 118 cm³/mol. The van der Waals surface area contributed by atoms with Crippen LogP contribution in [-0.4, -0.2) is 48.1 Å². The maximum Gasteiger partial charge on any atom is 0.223 e. The number of carbonyl (C=O) groups is 1. The van der Waals surface area contributed by atoms with Crippen molar-refractivity contribution in [1.82, 2.24) is 20.6 Å². The molecule has 1 aromatic carbocycles. The maximum absolute atomic E-state index is 12.8. The number of nitrogens with one attached hydrogen (secondary N) is 2. The van der Waals surface area contributed by atoms with Gasteiger partial charge in [0.1, 0.15) is 5.82 Å². The van der Waals surface area contributed by atoms with Gasteiger partial charge in [-0.25, -0.2) is 9.97 Å². The van der Waals surface area contributed by atoms with E-state index < -0.39 is 0 Å². The van der Waals surface area contributed by atoms with Gasteiger partial charge in [0.05, 0.1) is 0 Å². The molecule has 1 unspecified atom stereocenters. The second-order valence-corrected chi connectivity index (χ2v) is 8.83. The molecule has 1 atom stereocenters. The van der Waals surface area contributed by atoms with Gasteiger partial charge >= 0.3 is 0 Å². The van der Waals surface area contributed by atoms with Crippen LogP contribution in [0.1, 0.15) is 43.4 Å². The van der Waals surface area contributed by atoms with Gasteiger partial charge < -0.3 is 15.5 Å². The second kappa shape index (κ2) is 8.72. The molecule has 2 aliphatic heterocycles. The van der Waals surface area contributed by atoms with Gasteiger partial charge in [0.2, 0.25) is 5.91 Å². The summed E-state index contributed by atoms with van der Waals surface area (Å²) >= 11 is 0. The number of aromatic nitrogens is 2. The lowest BCUT2D eigenvalue weighted by Crippen LogP contribution is -2.49. The normalized spacial score (nSPS) is 22.0. The summed E-state index contributed by atoms with van der Waals surface area (Å²) in [6.45, 7) is 3.75. The van der Waals surface area contributed by atoms with Gasteiger partial charge in [-0.2, -0.15) is 0 Å². The lowest BCUT2D eigenvalue weighted by molar-refractivity contribution is -0.126. The highest BCUT2D eigenvalue weighted by molar-refractivity contribution is 5.79. The number of anilines is 1. The fourth-order valence-corrected chi connectivity index (χ4v) is 5.04. The largest absolute Gasteiger partial charge is 0.356 e. The molecule has 0 bridgehead atoms. The number of hydrogen-bond donors (Lipinski definition) is 2. The molecule has 3 heterocycles. The molecule has 6 heteroatoms. The average Bonchev–Trinajstić information content (AvgIpc) is 3.29. The number of hydrogen-bond acceptors (Lipinski definition) is 5. The Labute approximate surface area is 178 Å². The van der Waals surface area contributed by atoms with Gasteiger partial charge in [-0.05, 0) is 51.5 Å². The van der Waals surface area contributed by atoms with Crippen molar-refractivity contribution in [2.75, 3.05) is 31.1 Å². The minimum atomic E-state index is 0.117. The van der Waals surface area contributed by atoms with Crippen LogP contribution in [0.5, 0.6) is 0 Å². The van der Waals surface area contributed by atoms with Crippen LogP contribution in [0.15, 0.2) is 30.3 Å². The van der Waals surface area contributed by atoms with Crippen molar-refractivity contribution in [2.24, 2.45) is 5.92 Å². The summed E-state index contributed by atoms with van der Waals surface area (Å²) in [5.41, 5.74) is 3.61. The molecule has 2 fully saturated rings. The highest BCUT2D eigenvalue weighted by Crippen LogP contribution is 2.33. The number of amides is 1. The lowest BCUT2D eigenvalue weighted by atomic mass is 9.94. The number of carbonyl (C=O) groups excluding carboxylic acids is 1. The molecule has 0 saturated carbocycles. The number of aryl methyl sites for hydroxylation is 1. The fourth-order valence-electron chi connectivity index (χ4n) is 5.04. The van der Waals surface area contributed by atoms with E-state index in [0.29, 0.717) is 6.04 Å². The lowest BCUT2D eigenvalue weighted by Gasteiger charge is -2.34. The van der Waals surface area contributed by atoms with Crippen molar-refractivity contribution < 1.29 is 4.79 Å². The summed E-state index contributed by atoms with van der Waals surface area (Å²) < 4.78 is 0. The molecule has 6 nitrogen and oxygen atoms in total. The van der Waals surface area contributed by atoms with Crippen molar-refractivity contribution in [2.45, 2.75) is 51.0 Å². The summed E-state index contributed by atoms with van der Waals surface area (Å²) in [4.78, 5) is 25.0. The topological polar surface area (TPSA) is 70.2 Å². The second-order valence-electron chi connectivity index (χ2n) is 8.83. The van der Waals surface area contributed by atoms with Gasteiger partial charge in [-0.3, -0.25) is 4.79 Å². The Morgan fingerprint density at radius 2 is 1.87 bits per heavy atom. The summed E-state index contributed by atoms with van der Waals surface area (Å²) in [6, 6.07) is 10.6. The van der Waals surface area contributed by atoms with E-state index in [1.807, 2.05) is 18.2 Å². The van der Waals surface area contributed by atoms with Crippen molar-refractivity contribution in [3.63, 3.8) is 0 Å². The van der Waals surface area contributed by atoms with Crippen LogP contribution in [-0.2, 0) is 17.6 Å². The van der Waals surface area contributed by atoms with E-state index in [1.165, 1.54) is 11.3 Å². The summed E-state index contributed by atoms with van der Waals surface area (Å²) in [7, 11) is 0. The Morgan fingerprint density at radius 3 is 2.63 bits per heavy atom. The standard InChI is InChI=1S/C24H31N5O/c30-24(26-19-8-5-13-25-16-19)18-11-14-29(15-12-18)23-20-9-4-10-21(20)27-22(28-23)17-6-2-1-3-7-17/h1-3,6-7,18-19,25H,4-5,8-16H2,(H,26,30). The summed E-state index contributed by atoms with van der Waals surface area (Å²) in [6.07, 6.45) is 7.28. The van der Waals surface area contributed by atoms with Gasteiger partial charge in [-0.15, -0.1) is 0 Å². The SMILES string of the molecule is O=C(NC1CCCNC1)C1CCN(c2nc(-c3ccccc3)nc3c2CCC3)CC1. The third kappa shape index (κ3) is 4.06. The summed E-state index contributed by atoms with van der Waals surface area (Å²) in [5.74, 6) is 2.29. The van der Waals surface area contributed by atoms with E-state index in [-0.39, 0.29) is 11.8 Å². The van der Waals surface area contributed by atoms with Crippen molar-refractivity contribution >= 4 is 11.7 Å². The van der Waals surface area contributed by atoms with Crippen LogP contribution in [0, 0.1) is 5.92 Å². The summed E-state index contributed by atoms with van der Waals surface area (Å²) in [5, 5.41) is 6.65. The Bertz CT molecular complexity index is 886. The minimum Gasteiger partial charge on any atom is -0.356 e. The molecule has 2 saturated heterocycles. The molecule has 1 amide bonds. The molecule has 30 heavy (non-hydrogen) atoms. The zero-order chi connectivity index (χ0) is 20.3. The smallest absolute Gasteiger partial charge is 0.223 e. The van der Waals surface area contributed by atoms with Crippen LogP contribution in [0.25, 0.3) is 11.4 Å². The Balaban J connectivity index is 1.29. The molecule has 2 aromatic rings. The highest BCUT2D eigenvalue weighted by atomic mass is 16.2. The Hall–Kier alpha value is -2.47. The number of fused-ring (bicyclic) bond motifs is 1. The van der Waals surface area contributed by atoms with E-state index >= 15 is 0 Å². The van der Waals surface area contributed by atoms with Gasteiger partial charge in [0, 0.05) is 48.4 Å². The predicted octanol–water partition coefficient (Wildman–Crippen LogP) is 2.72. The van der Waals surface area contributed by atoms with E-state index in [2.05, 4.69) is 27.7 Å². The number of benzene rings is 1. The first-order chi connectivity index (χ1) is 14.8. The Kier molecular flexibility index (Phi) is 5.67. The maximum atomic E-state index is 12.8. The van der Waals surface area contributed by atoms with E-state index in [9.17, 15) is 4.79 Å². The third-order valence-corrected chi connectivity index (χ3v) is 6.75. The fraction of sp³-hybridized carbons (Fsp3) is 0.542. The first-order valence-electron chi connectivity index (χ1n) is 11.5. The monoisotopic (exact) mass is 405 g/mol. The van der Waals surface area contributed by atoms with Gasteiger partial charge in [0.15, 0.2) is 5.82 Å². The van der Waals surface area contributed by atoms with Gasteiger partial charge in [0.25, 0.3) is 0 Å². The van der Waals surface area contributed by atoms with E-state index in [0.717, 1.165) is 88.3 Å². The van der Waals surface area contributed by atoms with Crippen LogP contribution in [0.2, 0.25) is 0 Å². The number of nitrogens with zero attached hydrogens (tertiary/aromatic N) is 3. The minimum absolute atomic E-state index is 0.117. The molecule has 1 aliphatic carbocycles. The van der Waals surface area contributed by atoms with Crippen LogP contribution in [0.3, 0.4) is 0 Å². The van der Waals surface area contributed by atoms with Crippen LogP contribution in [0.4, 0.5) is 5.82 Å². The van der Waals surface area contributed by atoms with Crippen molar-refractivity contribution in [3.05, 3.63) is 41.6 Å². The van der Waals surface area contributed by atoms with Crippen LogP contribution < -0.4 is 15.5 Å². The van der Waals surface area contributed by atoms with E-state index in [4.69, 9.17) is 9.97 Å². The quantitative estimate of drug-likeness (QED) is 0.819. The molecular formula is C24H31N5O. The molecule has 2 N–H and O–H groups in total. The molecule has 5 rings (SSSR count). The third-order valence-electron chi connectivity index (χ3n) is 6.75. The molecule has 1 aromatic heterocycles. The highest BCUT2D eigenvalue weighted by Gasteiger charge is 2.30. The number of piperidine rings is 2. The molecule has 158 valence electrons. The van der Waals surface area contributed by atoms with Gasteiger partial charge in [-0.1, -0.05) is 30.3 Å². The zero-order valence-corrected chi connectivity index (χ0v) is 17.6.